The molecular weight excluding hydrogens is 446 g/mol. The van der Waals surface area contributed by atoms with Crippen molar-refractivity contribution in [1.29, 1.82) is 0 Å². The molecule has 0 saturated carbocycles. The summed E-state index contributed by atoms with van der Waals surface area (Å²) in [5.74, 6) is -3.30. The molecule has 1 aliphatic heterocycles. The molecule has 0 spiro atoms. The van der Waals surface area contributed by atoms with Gasteiger partial charge >= 0.3 is 5.97 Å². The van der Waals surface area contributed by atoms with Crippen LogP contribution in [0.25, 0.3) is 0 Å². The molecule has 1 atom stereocenters. The Morgan fingerprint density at radius 1 is 1.22 bits per heavy atom. The fourth-order valence-corrected chi connectivity index (χ4v) is 3.21. The van der Waals surface area contributed by atoms with E-state index in [1.54, 1.807) is 6.07 Å². The fourth-order valence-electron chi connectivity index (χ4n) is 3.04. The average molecular weight is 462 g/mol. The van der Waals surface area contributed by atoms with Gasteiger partial charge in [-0.1, -0.05) is 17.7 Å². The number of fused-ring (bicyclic) bond motifs is 1. The number of esters is 1. The second-order valence-corrected chi connectivity index (χ2v) is 7.06. The van der Waals surface area contributed by atoms with Crippen molar-refractivity contribution >= 4 is 46.7 Å². The summed E-state index contributed by atoms with van der Waals surface area (Å²) in [6.45, 7) is 0.471. The zero-order valence-corrected chi connectivity index (χ0v) is 17.5. The van der Waals surface area contributed by atoms with Crippen molar-refractivity contribution in [1.82, 2.24) is 4.90 Å². The van der Waals surface area contributed by atoms with E-state index in [2.05, 4.69) is 5.32 Å². The lowest BCUT2D eigenvalue weighted by molar-refractivity contribution is -0.385. The summed E-state index contributed by atoms with van der Waals surface area (Å²) in [5.41, 5.74) is -0.870. The summed E-state index contributed by atoms with van der Waals surface area (Å²) in [5, 5.41) is 14.0. The predicted octanol–water partition coefficient (Wildman–Crippen LogP) is 2.42. The van der Waals surface area contributed by atoms with Crippen LogP contribution in [0.2, 0.25) is 5.02 Å². The number of nitrogens with zero attached hydrogens (tertiary/aromatic N) is 2. The summed E-state index contributed by atoms with van der Waals surface area (Å²) in [6.07, 6.45) is -1.30. The Kier molecular flexibility index (Phi) is 6.40. The molecule has 2 aromatic carbocycles. The maximum atomic E-state index is 12.5. The molecule has 1 aliphatic rings. The molecule has 1 N–H and O–H groups in total. The minimum Gasteiger partial charge on any atom is -0.495 e. The lowest BCUT2D eigenvalue weighted by Crippen LogP contribution is -2.38. The van der Waals surface area contributed by atoms with Gasteiger partial charge in [0.25, 0.3) is 23.4 Å². The number of carbonyl (C=O) groups excluding carboxylic acids is 4. The summed E-state index contributed by atoms with van der Waals surface area (Å²) >= 11 is 5.91. The van der Waals surface area contributed by atoms with Crippen LogP contribution in [0.1, 0.15) is 27.6 Å². The van der Waals surface area contributed by atoms with Gasteiger partial charge in [0.1, 0.15) is 17.9 Å². The molecule has 1 unspecified atom stereocenters. The Balaban J connectivity index is 1.67. The molecule has 2 aromatic rings. The second kappa shape index (κ2) is 9.02. The van der Waals surface area contributed by atoms with Crippen LogP contribution in [0, 0.1) is 10.1 Å². The van der Waals surface area contributed by atoms with Gasteiger partial charge in [-0.05, 0) is 31.2 Å². The first-order chi connectivity index (χ1) is 15.1. The summed E-state index contributed by atoms with van der Waals surface area (Å²) in [7, 11) is 1.40. The van der Waals surface area contributed by atoms with Crippen molar-refractivity contribution < 1.29 is 33.6 Å². The standard InChI is InChI=1S/C20H16ClN3O8/c1-10(18(26)22-13-8-11(21)6-7-15(13)31-2)32-16(25)9-23-19(27)12-4-3-5-14(24(29)30)17(12)20(23)28/h3-8,10H,9H2,1-2H3,(H,22,26). The van der Waals surface area contributed by atoms with Crippen molar-refractivity contribution in [2.24, 2.45) is 0 Å². The second-order valence-electron chi connectivity index (χ2n) is 6.62. The number of nitro groups is 1. The third-order valence-electron chi connectivity index (χ3n) is 4.56. The number of rotatable bonds is 7. The number of imide groups is 1. The Bertz CT molecular complexity index is 1150. The number of hydrogen-bond acceptors (Lipinski definition) is 8. The highest BCUT2D eigenvalue weighted by atomic mass is 35.5. The topological polar surface area (TPSA) is 145 Å². The zero-order valence-electron chi connectivity index (χ0n) is 16.8. The van der Waals surface area contributed by atoms with Gasteiger partial charge in [-0.2, -0.15) is 0 Å². The van der Waals surface area contributed by atoms with Crippen LogP contribution in [0.3, 0.4) is 0 Å². The summed E-state index contributed by atoms with van der Waals surface area (Å²) in [6, 6.07) is 8.14. The van der Waals surface area contributed by atoms with Crippen molar-refractivity contribution in [2.45, 2.75) is 13.0 Å². The fraction of sp³-hybridized carbons (Fsp3) is 0.200. The van der Waals surface area contributed by atoms with Gasteiger partial charge in [-0.3, -0.25) is 34.2 Å². The van der Waals surface area contributed by atoms with Gasteiger partial charge in [0.05, 0.1) is 23.3 Å². The maximum absolute atomic E-state index is 12.5. The monoisotopic (exact) mass is 461 g/mol. The first-order valence-corrected chi connectivity index (χ1v) is 9.49. The Morgan fingerprint density at radius 2 is 1.94 bits per heavy atom. The molecule has 0 bridgehead atoms. The van der Waals surface area contributed by atoms with Crippen LogP contribution in [0.15, 0.2) is 36.4 Å². The highest BCUT2D eigenvalue weighted by molar-refractivity contribution is 6.31. The van der Waals surface area contributed by atoms with Gasteiger partial charge in [-0.15, -0.1) is 0 Å². The first kappa shape index (κ1) is 22.7. The molecule has 12 heteroatoms. The summed E-state index contributed by atoms with van der Waals surface area (Å²) in [4.78, 5) is 60.5. The summed E-state index contributed by atoms with van der Waals surface area (Å²) < 4.78 is 10.1. The number of benzene rings is 2. The Labute approximate surface area is 186 Å². The smallest absolute Gasteiger partial charge is 0.326 e. The van der Waals surface area contributed by atoms with E-state index < -0.39 is 52.5 Å². The molecule has 0 saturated heterocycles. The van der Waals surface area contributed by atoms with Crippen molar-refractivity contribution in [3.05, 3.63) is 62.7 Å². The van der Waals surface area contributed by atoms with Crippen LogP contribution in [0.4, 0.5) is 11.4 Å². The normalized spacial score (nSPS) is 13.4. The minimum atomic E-state index is -1.30. The van der Waals surface area contributed by atoms with E-state index in [1.165, 1.54) is 38.3 Å². The third kappa shape index (κ3) is 4.37. The Hall–Kier alpha value is -3.99. The van der Waals surface area contributed by atoms with Gasteiger partial charge in [0.15, 0.2) is 6.10 Å². The van der Waals surface area contributed by atoms with Crippen LogP contribution in [-0.4, -0.2) is 53.3 Å². The number of ether oxygens (including phenoxy) is 2. The number of nitrogens with one attached hydrogen (secondary N) is 1. The molecule has 11 nitrogen and oxygen atoms in total. The molecule has 166 valence electrons. The predicted molar refractivity (Wildman–Crippen MR) is 111 cm³/mol. The molecule has 0 aromatic heterocycles. The molecule has 1 heterocycles. The number of anilines is 1. The van der Waals surface area contributed by atoms with E-state index in [4.69, 9.17) is 21.1 Å². The number of carbonyl (C=O) groups is 4. The van der Waals surface area contributed by atoms with Crippen molar-refractivity contribution in [3.63, 3.8) is 0 Å². The van der Waals surface area contributed by atoms with Crippen LogP contribution in [-0.2, 0) is 14.3 Å². The van der Waals surface area contributed by atoms with Gasteiger partial charge in [0, 0.05) is 11.1 Å². The van der Waals surface area contributed by atoms with E-state index in [0.717, 1.165) is 6.07 Å². The minimum absolute atomic E-state index is 0.184. The van der Waals surface area contributed by atoms with Gasteiger partial charge < -0.3 is 14.8 Å². The van der Waals surface area contributed by atoms with Crippen molar-refractivity contribution in [2.75, 3.05) is 19.0 Å². The molecule has 3 amide bonds. The number of hydrogen-bond donors (Lipinski definition) is 1. The molecule has 0 radical (unpaired) electrons. The lowest BCUT2D eigenvalue weighted by atomic mass is 10.1. The Morgan fingerprint density at radius 3 is 2.59 bits per heavy atom. The van der Waals surface area contributed by atoms with E-state index in [9.17, 15) is 29.3 Å². The number of methoxy groups -OCH3 is 1. The third-order valence-corrected chi connectivity index (χ3v) is 4.79. The maximum Gasteiger partial charge on any atom is 0.326 e. The van der Waals surface area contributed by atoms with Crippen LogP contribution in [0.5, 0.6) is 5.75 Å². The van der Waals surface area contributed by atoms with E-state index in [0.29, 0.717) is 15.7 Å². The highest BCUT2D eigenvalue weighted by Crippen LogP contribution is 2.31. The van der Waals surface area contributed by atoms with Crippen LogP contribution < -0.4 is 10.1 Å². The van der Waals surface area contributed by atoms with Crippen LogP contribution >= 0.6 is 11.6 Å². The average Bonchev–Trinajstić information content (AvgIpc) is 2.98. The lowest BCUT2D eigenvalue weighted by Gasteiger charge is -2.17. The van der Waals surface area contributed by atoms with Gasteiger partial charge in [-0.25, -0.2) is 0 Å². The quantitative estimate of drug-likeness (QED) is 0.286. The molecule has 0 aliphatic carbocycles. The molecule has 32 heavy (non-hydrogen) atoms. The molecule has 3 rings (SSSR count). The number of halogens is 1. The molecular formula is C20H16ClN3O8. The SMILES string of the molecule is COc1ccc(Cl)cc1NC(=O)C(C)OC(=O)CN1C(=O)c2cccc([N+](=O)[O-])c2C1=O. The van der Waals surface area contributed by atoms with Crippen molar-refractivity contribution in [3.8, 4) is 5.75 Å². The molecule has 0 fully saturated rings. The van der Waals surface area contributed by atoms with E-state index >= 15 is 0 Å². The highest BCUT2D eigenvalue weighted by Gasteiger charge is 2.42. The van der Waals surface area contributed by atoms with E-state index in [1.807, 2.05) is 0 Å². The first-order valence-electron chi connectivity index (χ1n) is 9.11. The number of amides is 3. The number of nitro benzene ring substituents is 1. The largest absolute Gasteiger partial charge is 0.495 e. The van der Waals surface area contributed by atoms with E-state index in [-0.39, 0.29) is 11.3 Å². The van der Waals surface area contributed by atoms with Gasteiger partial charge in [0.2, 0.25) is 0 Å². The zero-order chi connectivity index (χ0) is 23.6.